The second-order valence-electron chi connectivity index (χ2n) is 0.924. The zero-order chi connectivity index (χ0) is 7.71. The van der Waals surface area contributed by atoms with Gasteiger partial charge in [-0.1, -0.05) is 0 Å². The van der Waals surface area contributed by atoms with Crippen molar-refractivity contribution in [3.8, 4) is 0 Å². The molecule has 2 N–H and O–H groups in total. The average molecular weight is 464 g/mol. The fourth-order valence-corrected chi connectivity index (χ4v) is 5.08. The molecular weight excluding hydrogens is 462 g/mol. The van der Waals surface area contributed by atoms with Crippen LogP contribution in [0, 0.1) is 0 Å². The van der Waals surface area contributed by atoms with E-state index in [0.717, 1.165) is 0 Å². The van der Waals surface area contributed by atoms with Gasteiger partial charge in [-0.15, -0.1) is 0 Å². The fraction of sp³-hybridized carbons (Fsp3) is 0. The van der Waals surface area contributed by atoms with Crippen LogP contribution in [0.2, 0.25) is 0 Å². The van der Waals surface area contributed by atoms with E-state index in [1.54, 1.807) is 0 Å². The van der Waals surface area contributed by atoms with Gasteiger partial charge < -0.3 is 0 Å². The van der Waals surface area contributed by atoms with Gasteiger partial charge in [0, 0.05) is 48.2 Å². The summed E-state index contributed by atoms with van der Waals surface area (Å²) in [6.45, 7) is 0. The molecule has 0 atom stereocenters. The molecule has 11 heavy (non-hydrogen) atoms. The Labute approximate surface area is 103 Å². The van der Waals surface area contributed by atoms with E-state index in [-0.39, 0.29) is 48.2 Å². The molecule has 0 rings (SSSR count). The third-order valence-corrected chi connectivity index (χ3v) is 8.04. The first kappa shape index (κ1) is 18.7. The van der Waals surface area contributed by atoms with Crippen molar-refractivity contribution in [1.29, 1.82) is 0 Å². The van der Waals surface area contributed by atoms with E-state index < -0.39 is 29.8 Å². The van der Waals surface area contributed by atoms with Crippen molar-refractivity contribution >= 4 is 55.6 Å². The number of hydrogen-bond donors (Lipinski definition) is 2. The van der Waals surface area contributed by atoms with Gasteiger partial charge in [-0.05, 0) is 0 Å². The first-order valence-electron chi connectivity index (χ1n) is 1.37. The van der Waals surface area contributed by atoms with E-state index in [1.807, 2.05) is 0 Å². The third kappa shape index (κ3) is 18.7. The van der Waals surface area contributed by atoms with Crippen LogP contribution in [-0.4, -0.2) is 64.5 Å². The standard InChI is InChI=1S/Ag.In.H2O6S2Se/c;;1-7(2,3)9-8(4,5)6/h;;(H,1,2,3)(H,4,5,6). The minimum Gasteiger partial charge on any atom is 0 e. The zero-order valence-corrected chi connectivity index (χ0v) is 12.8. The summed E-state index contributed by atoms with van der Waals surface area (Å²) >= 11 is -2.19. The molecule has 6 nitrogen and oxygen atoms in total. The molecule has 0 spiro atoms. The van der Waals surface area contributed by atoms with E-state index in [0.29, 0.717) is 0 Å². The van der Waals surface area contributed by atoms with Crippen molar-refractivity contribution in [2.24, 2.45) is 0 Å². The maximum absolute atomic E-state index is 9.69. The number of rotatable bonds is 2. The molecule has 70 valence electrons. The smallest absolute Gasteiger partial charge is 0 e. The molecule has 0 fully saturated rings. The van der Waals surface area contributed by atoms with Crippen LogP contribution in [0.5, 0.6) is 0 Å². The first-order valence-corrected chi connectivity index (χ1v) is 8.29. The maximum atomic E-state index is 9.69. The predicted octanol–water partition coefficient (Wildman–Crippen LogP) is -2.09. The van der Waals surface area contributed by atoms with Crippen LogP contribution in [-0.2, 0) is 39.5 Å². The molecular formula is H2AgInO6S2Se. The van der Waals surface area contributed by atoms with Crippen molar-refractivity contribution in [2.45, 2.75) is 0 Å². The van der Waals surface area contributed by atoms with Crippen LogP contribution < -0.4 is 0 Å². The molecule has 0 saturated heterocycles. The Morgan fingerprint density at radius 1 is 0.909 bits per heavy atom. The van der Waals surface area contributed by atoms with E-state index in [2.05, 4.69) is 0 Å². The maximum Gasteiger partial charge on any atom is 0 e. The first-order chi connectivity index (χ1) is 3.71. The third-order valence-electron chi connectivity index (χ3n) is 0.172. The summed E-state index contributed by atoms with van der Waals surface area (Å²) < 4.78 is 54.4. The summed E-state index contributed by atoms with van der Waals surface area (Å²) in [7, 11) is -9.11. The van der Waals surface area contributed by atoms with Crippen molar-refractivity contribution in [1.82, 2.24) is 0 Å². The van der Waals surface area contributed by atoms with Crippen LogP contribution >= 0.6 is 0 Å². The Balaban J connectivity index is -0.000000320. The molecule has 0 unspecified atom stereocenters. The zero-order valence-electron chi connectivity index (χ0n) is 4.63. The van der Waals surface area contributed by atoms with E-state index in [4.69, 9.17) is 9.11 Å². The average Bonchev–Trinajstić information content (AvgIpc) is 1.14. The molecule has 0 heterocycles. The molecule has 0 aromatic carbocycles. The quantitative estimate of drug-likeness (QED) is 0.359. The van der Waals surface area contributed by atoms with Gasteiger partial charge in [0.1, 0.15) is 0 Å². The SMILES string of the molecule is O=S(=O)(O)[Se]S(=O)(=O)O.[Ag].[In]. The largest absolute Gasteiger partial charge is 0 e. The van der Waals surface area contributed by atoms with Crippen molar-refractivity contribution in [2.75, 3.05) is 0 Å². The molecule has 0 aliphatic carbocycles. The van der Waals surface area contributed by atoms with Crippen molar-refractivity contribution in [3.63, 3.8) is 0 Å². The van der Waals surface area contributed by atoms with Crippen LogP contribution in [0.1, 0.15) is 0 Å². The molecule has 0 saturated carbocycles. The summed E-state index contributed by atoms with van der Waals surface area (Å²) in [4.78, 5) is 0. The van der Waals surface area contributed by atoms with Crippen LogP contribution in [0.4, 0.5) is 0 Å². The van der Waals surface area contributed by atoms with Crippen molar-refractivity contribution in [3.05, 3.63) is 0 Å². The fourth-order valence-electron chi connectivity index (χ4n) is 0.109. The summed E-state index contributed by atoms with van der Waals surface area (Å²) in [5.74, 6) is 0. The van der Waals surface area contributed by atoms with E-state index >= 15 is 0 Å². The van der Waals surface area contributed by atoms with Crippen LogP contribution in [0.3, 0.4) is 0 Å². The summed E-state index contributed by atoms with van der Waals surface area (Å²) in [6.07, 6.45) is 0. The monoisotopic (exact) mass is 464 g/mol. The molecule has 0 aromatic rings. The van der Waals surface area contributed by atoms with E-state index in [9.17, 15) is 16.8 Å². The molecule has 0 amide bonds. The van der Waals surface area contributed by atoms with Gasteiger partial charge in [-0.25, -0.2) is 0 Å². The van der Waals surface area contributed by atoms with Gasteiger partial charge in [0.05, 0.1) is 0 Å². The molecule has 4 radical (unpaired) electrons. The summed E-state index contributed by atoms with van der Waals surface area (Å²) in [6, 6.07) is 0. The van der Waals surface area contributed by atoms with Gasteiger partial charge in [0.25, 0.3) is 0 Å². The Hall–Kier alpha value is 1.95. The number of hydrogen-bond acceptors (Lipinski definition) is 4. The Bertz CT molecular complexity index is 246. The predicted molar refractivity (Wildman–Crippen MR) is 34.6 cm³/mol. The minimum absolute atomic E-state index is 0. The van der Waals surface area contributed by atoms with Gasteiger partial charge in [-0.3, -0.25) is 0 Å². The molecule has 0 bridgehead atoms. The molecule has 0 aliphatic rings. The second kappa shape index (κ2) is 6.41. The molecule has 11 heteroatoms. The molecule has 0 aromatic heterocycles. The Morgan fingerprint density at radius 3 is 1.09 bits per heavy atom. The van der Waals surface area contributed by atoms with Gasteiger partial charge in [0.15, 0.2) is 0 Å². The van der Waals surface area contributed by atoms with Crippen LogP contribution in [0.25, 0.3) is 0 Å². The van der Waals surface area contributed by atoms with Gasteiger partial charge >= 0.3 is 55.7 Å². The minimum atomic E-state index is -4.56. The molecule has 0 aliphatic heterocycles. The van der Waals surface area contributed by atoms with Gasteiger partial charge in [-0.2, -0.15) is 0 Å². The summed E-state index contributed by atoms with van der Waals surface area (Å²) in [5, 5.41) is 0. The topological polar surface area (TPSA) is 109 Å². The van der Waals surface area contributed by atoms with Crippen molar-refractivity contribution < 1.29 is 48.3 Å². The second-order valence-corrected chi connectivity index (χ2v) is 11.1. The van der Waals surface area contributed by atoms with Crippen LogP contribution in [0.15, 0.2) is 0 Å². The van der Waals surface area contributed by atoms with Gasteiger partial charge in [0.2, 0.25) is 0 Å². The Morgan fingerprint density at radius 2 is 1.09 bits per heavy atom. The Kier molecular flexibility index (Phi) is 10.9. The summed E-state index contributed by atoms with van der Waals surface area (Å²) in [5.41, 5.74) is 0. The van der Waals surface area contributed by atoms with E-state index in [1.165, 1.54) is 0 Å². The normalized spacial score (nSPS) is 11.1.